The molecule has 0 bridgehead atoms. The lowest BCUT2D eigenvalue weighted by Gasteiger charge is -2.09. The van der Waals surface area contributed by atoms with Crippen molar-refractivity contribution in [3.8, 4) is 11.5 Å². The van der Waals surface area contributed by atoms with E-state index in [0.717, 1.165) is 0 Å². The molecule has 1 amide bonds. The Morgan fingerprint density at radius 3 is 2.70 bits per heavy atom. The summed E-state index contributed by atoms with van der Waals surface area (Å²) in [5.41, 5.74) is 3.22. The number of phenols is 1. The molecule has 120 valence electrons. The van der Waals surface area contributed by atoms with Gasteiger partial charge in [-0.15, -0.1) is 0 Å². The zero-order chi connectivity index (χ0) is 16.8. The lowest BCUT2D eigenvalue weighted by atomic mass is 10.1. The van der Waals surface area contributed by atoms with Crippen molar-refractivity contribution in [2.24, 2.45) is 5.10 Å². The van der Waals surface area contributed by atoms with Gasteiger partial charge < -0.3 is 14.9 Å². The summed E-state index contributed by atoms with van der Waals surface area (Å²) in [7, 11) is 1.39. The minimum Gasteiger partial charge on any atom is -0.503 e. The molecule has 0 spiro atoms. The van der Waals surface area contributed by atoms with Gasteiger partial charge in [0, 0.05) is 0 Å². The molecule has 0 radical (unpaired) electrons. The summed E-state index contributed by atoms with van der Waals surface area (Å²) in [4.78, 5) is 11.8. The number of amides is 1. The SMILES string of the molecule is COc1cc(/C=N/NC(=O)[C@@H](O)c2ccccc2)cc(Cl)c1O. The fourth-order valence-corrected chi connectivity index (χ4v) is 2.06. The molecule has 0 heterocycles. The number of carbonyl (C=O) groups excluding carboxylic acids is 1. The van der Waals surface area contributed by atoms with Crippen LogP contribution in [0.2, 0.25) is 5.02 Å². The normalized spacial score (nSPS) is 12.1. The molecule has 0 unspecified atom stereocenters. The molecule has 0 aliphatic heterocycles. The molecule has 2 rings (SSSR count). The van der Waals surface area contributed by atoms with Crippen molar-refractivity contribution in [3.63, 3.8) is 0 Å². The van der Waals surface area contributed by atoms with Crippen LogP contribution in [0.1, 0.15) is 17.2 Å². The van der Waals surface area contributed by atoms with Gasteiger partial charge in [-0.25, -0.2) is 5.43 Å². The van der Waals surface area contributed by atoms with E-state index < -0.39 is 12.0 Å². The molecule has 3 N–H and O–H groups in total. The zero-order valence-corrected chi connectivity index (χ0v) is 13.0. The molecule has 0 aromatic heterocycles. The van der Waals surface area contributed by atoms with Crippen molar-refractivity contribution < 1.29 is 19.7 Å². The van der Waals surface area contributed by atoms with E-state index in [1.165, 1.54) is 25.5 Å². The number of rotatable bonds is 5. The highest BCUT2D eigenvalue weighted by Crippen LogP contribution is 2.34. The third kappa shape index (κ3) is 4.21. The number of nitrogens with zero attached hydrogens (tertiary/aromatic N) is 1. The summed E-state index contributed by atoms with van der Waals surface area (Å²) >= 11 is 5.85. The van der Waals surface area contributed by atoms with E-state index in [1.807, 2.05) is 0 Å². The Labute approximate surface area is 138 Å². The van der Waals surface area contributed by atoms with E-state index in [4.69, 9.17) is 16.3 Å². The summed E-state index contributed by atoms with van der Waals surface area (Å²) in [6.07, 6.45) is 0.00925. The third-order valence-electron chi connectivity index (χ3n) is 3.02. The monoisotopic (exact) mass is 334 g/mol. The number of nitrogens with one attached hydrogen (secondary N) is 1. The van der Waals surface area contributed by atoms with Gasteiger partial charge in [0.25, 0.3) is 5.91 Å². The van der Waals surface area contributed by atoms with Gasteiger partial charge in [0.1, 0.15) is 0 Å². The molecule has 2 aromatic carbocycles. The molecule has 1 atom stereocenters. The van der Waals surface area contributed by atoms with E-state index in [-0.39, 0.29) is 16.5 Å². The second-order valence-corrected chi connectivity index (χ2v) is 5.01. The topological polar surface area (TPSA) is 91.2 Å². The lowest BCUT2D eigenvalue weighted by Crippen LogP contribution is -2.25. The lowest BCUT2D eigenvalue weighted by molar-refractivity contribution is -0.129. The quantitative estimate of drug-likeness (QED) is 0.577. The zero-order valence-electron chi connectivity index (χ0n) is 12.2. The Morgan fingerprint density at radius 2 is 2.04 bits per heavy atom. The minimum atomic E-state index is -1.31. The number of benzene rings is 2. The van der Waals surface area contributed by atoms with Gasteiger partial charge in [-0.2, -0.15) is 5.10 Å². The van der Waals surface area contributed by atoms with Gasteiger partial charge >= 0.3 is 0 Å². The average molecular weight is 335 g/mol. The Hall–Kier alpha value is -2.57. The fourth-order valence-electron chi connectivity index (χ4n) is 1.84. The number of phenolic OH excluding ortho intramolecular Hbond substituents is 1. The predicted octanol–water partition coefficient (Wildman–Crippen LogP) is 2.24. The van der Waals surface area contributed by atoms with E-state index in [1.54, 1.807) is 30.3 Å². The molecule has 0 aliphatic rings. The van der Waals surface area contributed by atoms with Gasteiger partial charge in [0.05, 0.1) is 18.3 Å². The molecule has 6 nitrogen and oxygen atoms in total. The van der Waals surface area contributed by atoms with Crippen molar-refractivity contribution in [2.45, 2.75) is 6.10 Å². The fraction of sp³-hybridized carbons (Fsp3) is 0.125. The van der Waals surface area contributed by atoms with Gasteiger partial charge in [-0.1, -0.05) is 41.9 Å². The Kier molecular flexibility index (Phi) is 5.56. The number of ether oxygens (including phenoxy) is 1. The first-order valence-corrected chi connectivity index (χ1v) is 7.03. The number of aliphatic hydroxyl groups is 1. The Balaban J connectivity index is 2.04. The maximum absolute atomic E-state index is 11.8. The number of carbonyl (C=O) groups is 1. The largest absolute Gasteiger partial charge is 0.503 e. The van der Waals surface area contributed by atoms with E-state index >= 15 is 0 Å². The molecule has 0 saturated carbocycles. The second kappa shape index (κ2) is 7.62. The molecular weight excluding hydrogens is 320 g/mol. The summed E-state index contributed by atoms with van der Waals surface area (Å²) in [6.45, 7) is 0. The number of hydrazone groups is 1. The highest BCUT2D eigenvalue weighted by Gasteiger charge is 2.16. The van der Waals surface area contributed by atoms with E-state index in [9.17, 15) is 15.0 Å². The number of methoxy groups -OCH3 is 1. The molecule has 2 aromatic rings. The van der Waals surface area contributed by atoms with Crippen LogP contribution < -0.4 is 10.2 Å². The maximum Gasteiger partial charge on any atom is 0.273 e. The van der Waals surface area contributed by atoms with Crippen LogP contribution in [0.5, 0.6) is 11.5 Å². The summed E-state index contributed by atoms with van der Waals surface area (Å²) < 4.78 is 4.97. The van der Waals surface area contributed by atoms with Crippen molar-refractivity contribution in [1.29, 1.82) is 0 Å². The van der Waals surface area contributed by atoms with Crippen LogP contribution in [0.15, 0.2) is 47.6 Å². The smallest absolute Gasteiger partial charge is 0.273 e. The third-order valence-corrected chi connectivity index (χ3v) is 3.31. The van der Waals surface area contributed by atoms with Crippen LogP contribution in [-0.2, 0) is 4.79 Å². The van der Waals surface area contributed by atoms with Gasteiger partial charge in [0.2, 0.25) is 0 Å². The Morgan fingerprint density at radius 1 is 1.35 bits per heavy atom. The predicted molar refractivity (Wildman–Crippen MR) is 86.8 cm³/mol. The molecule has 0 aliphatic carbocycles. The van der Waals surface area contributed by atoms with Crippen molar-refractivity contribution in [3.05, 3.63) is 58.6 Å². The summed E-state index contributed by atoms with van der Waals surface area (Å²) in [5.74, 6) is -0.645. The summed E-state index contributed by atoms with van der Waals surface area (Å²) in [5, 5.41) is 23.4. The van der Waals surface area contributed by atoms with Crippen LogP contribution in [0, 0.1) is 0 Å². The Bertz CT molecular complexity index is 720. The van der Waals surface area contributed by atoms with Crippen LogP contribution in [0.4, 0.5) is 0 Å². The van der Waals surface area contributed by atoms with E-state index in [2.05, 4.69) is 10.5 Å². The number of hydrogen-bond acceptors (Lipinski definition) is 5. The van der Waals surface area contributed by atoms with Crippen LogP contribution in [0.3, 0.4) is 0 Å². The van der Waals surface area contributed by atoms with E-state index in [0.29, 0.717) is 11.1 Å². The first-order chi connectivity index (χ1) is 11.0. The first-order valence-electron chi connectivity index (χ1n) is 6.65. The van der Waals surface area contributed by atoms with Crippen molar-refractivity contribution in [2.75, 3.05) is 7.11 Å². The van der Waals surface area contributed by atoms with Gasteiger partial charge in [0.15, 0.2) is 17.6 Å². The molecule has 0 fully saturated rings. The number of hydrogen-bond donors (Lipinski definition) is 3. The van der Waals surface area contributed by atoms with Crippen LogP contribution in [0.25, 0.3) is 0 Å². The number of aromatic hydroxyl groups is 1. The van der Waals surface area contributed by atoms with Crippen LogP contribution >= 0.6 is 11.6 Å². The standard InChI is InChI=1S/C16H15ClN2O4/c1-23-13-8-10(7-12(17)15(13)21)9-18-19-16(22)14(20)11-5-3-2-4-6-11/h2-9,14,20-21H,1H3,(H,19,22)/b18-9+/t14-/m0/s1. The van der Waals surface area contributed by atoms with Crippen LogP contribution in [-0.4, -0.2) is 29.4 Å². The molecule has 23 heavy (non-hydrogen) atoms. The number of halogens is 1. The van der Waals surface area contributed by atoms with Gasteiger partial charge in [-0.3, -0.25) is 4.79 Å². The molecular formula is C16H15ClN2O4. The summed E-state index contributed by atoms with van der Waals surface area (Å²) in [6, 6.07) is 11.5. The maximum atomic E-state index is 11.8. The highest BCUT2D eigenvalue weighted by atomic mass is 35.5. The number of aliphatic hydroxyl groups excluding tert-OH is 1. The molecule has 7 heteroatoms. The first kappa shape index (κ1) is 16.8. The minimum absolute atomic E-state index is 0.0986. The van der Waals surface area contributed by atoms with Crippen molar-refractivity contribution in [1.82, 2.24) is 5.43 Å². The van der Waals surface area contributed by atoms with Gasteiger partial charge in [-0.05, 0) is 23.3 Å². The highest BCUT2D eigenvalue weighted by molar-refractivity contribution is 6.32. The second-order valence-electron chi connectivity index (χ2n) is 4.60. The van der Waals surface area contributed by atoms with Crippen molar-refractivity contribution >= 4 is 23.7 Å². The average Bonchev–Trinajstić information content (AvgIpc) is 2.57. The molecule has 0 saturated heterocycles.